The van der Waals surface area contributed by atoms with E-state index in [4.69, 9.17) is 4.74 Å². The predicted octanol–water partition coefficient (Wildman–Crippen LogP) is -0.206. The van der Waals surface area contributed by atoms with Gasteiger partial charge in [-0.2, -0.15) is 0 Å². The maximum absolute atomic E-state index is 12.2. The van der Waals surface area contributed by atoms with Crippen LogP contribution in [-0.2, 0) is 30.2 Å². The molecule has 0 aliphatic rings. The Hall–Kier alpha value is -1.97. The molecule has 0 saturated carbocycles. The number of hydrogen-bond donors (Lipinski definition) is 2. The first kappa shape index (κ1) is 15.4. The van der Waals surface area contributed by atoms with Gasteiger partial charge in [-0.3, -0.25) is 0 Å². The zero-order chi connectivity index (χ0) is 15.5. The lowest BCUT2D eigenvalue weighted by Gasteiger charge is -2.10. The fourth-order valence-corrected chi connectivity index (χ4v) is 2.79. The van der Waals surface area contributed by atoms with E-state index in [1.807, 2.05) is 0 Å². The Labute approximate surface area is 122 Å². The molecule has 0 fully saturated rings. The van der Waals surface area contributed by atoms with Crippen LogP contribution in [-0.4, -0.2) is 35.4 Å². The maximum Gasteiger partial charge on any atom is 0.240 e. The van der Waals surface area contributed by atoms with E-state index in [2.05, 4.69) is 14.9 Å². The summed E-state index contributed by atoms with van der Waals surface area (Å²) in [4.78, 5) is 0.0505. The number of nitrogens with zero attached hydrogens (tertiary/aromatic N) is 3. The Bertz CT molecular complexity index is 727. The molecule has 0 unspecified atom stereocenters. The second kappa shape index (κ2) is 6.20. The van der Waals surface area contributed by atoms with Crippen LogP contribution < -0.4 is 9.46 Å². The van der Waals surface area contributed by atoms with Crippen LogP contribution in [0.1, 0.15) is 11.4 Å². The molecule has 1 aromatic heterocycles. The van der Waals surface area contributed by atoms with Gasteiger partial charge in [0.25, 0.3) is 0 Å². The molecule has 2 aromatic rings. The van der Waals surface area contributed by atoms with Gasteiger partial charge in [-0.15, -0.1) is 10.2 Å². The van der Waals surface area contributed by atoms with Gasteiger partial charge < -0.3 is 14.4 Å². The summed E-state index contributed by atoms with van der Waals surface area (Å²) in [7, 11) is -0.532. The fraction of sp³-hybridized carbons (Fsp3) is 0.333. The number of ether oxygens (including phenoxy) is 1. The van der Waals surface area contributed by atoms with E-state index < -0.39 is 10.0 Å². The normalized spacial score (nSPS) is 11.6. The molecule has 1 aromatic carbocycles. The van der Waals surface area contributed by atoms with Crippen molar-refractivity contribution in [2.45, 2.75) is 18.0 Å². The van der Waals surface area contributed by atoms with Crippen LogP contribution in [0.2, 0.25) is 0 Å². The minimum absolute atomic E-state index is 0.0271. The molecule has 0 spiro atoms. The molecule has 9 heteroatoms. The van der Waals surface area contributed by atoms with Crippen molar-refractivity contribution in [2.24, 2.45) is 7.05 Å². The third kappa shape index (κ3) is 3.38. The smallest absolute Gasteiger partial charge is 0.240 e. The highest BCUT2D eigenvalue weighted by Gasteiger charge is 2.17. The van der Waals surface area contributed by atoms with Crippen LogP contribution in [0.15, 0.2) is 29.4 Å². The molecule has 0 bridgehead atoms. The number of nitrogens with one attached hydrogen (secondary N) is 1. The number of aryl methyl sites for hydroxylation is 1. The number of methoxy groups -OCH3 is 1. The standard InChI is InChI=1S/C12H16N4O4S/c1-16-8-13-15-12(16)6-14-21(18,19)10-3-4-11(20-2)9(5-10)7-17/h3-5,8,14,17H,6-7H2,1-2H3. The van der Waals surface area contributed by atoms with Crippen molar-refractivity contribution in [2.75, 3.05) is 7.11 Å². The highest BCUT2D eigenvalue weighted by atomic mass is 32.2. The van der Waals surface area contributed by atoms with Gasteiger partial charge in [0.05, 0.1) is 25.2 Å². The lowest BCUT2D eigenvalue weighted by molar-refractivity contribution is 0.273. The van der Waals surface area contributed by atoms with Crippen molar-refractivity contribution < 1.29 is 18.3 Å². The van der Waals surface area contributed by atoms with E-state index in [0.29, 0.717) is 17.1 Å². The number of aromatic nitrogens is 3. The van der Waals surface area contributed by atoms with Crippen LogP contribution in [0.5, 0.6) is 5.75 Å². The lowest BCUT2D eigenvalue weighted by Crippen LogP contribution is -2.25. The van der Waals surface area contributed by atoms with Crippen molar-refractivity contribution in [3.8, 4) is 5.75 Å². The summed E-state index contributed by atoms with van der Waals surface area (Å²) in [5, 5.41) is 16.7. The number of benzene rings is 1. The largest absolute Gasteiger partial charge is 0.496 e. The van der Waals surface area contributed by atoms with Crippen LogP contribution in [0.3, 0.4) is 0 Å². The molecule has 114 valence electrons. The molecule has 2 N–H and O–H groups in total. The summed E-state index contributed by atoms with van der Waals surface area (Å²) in [6.45, 7) is -0.283. The summed E-state index contributed by atoms with van der Waals surface area (Å²) in [6, 6.07) is 4.29. The summed E-state index contributed by atoms with van der Waals surface area (Å²) in [6.07, 6.45) is 1.49. The number of hydrogen-bond acceptors (Lipinski definition) is 6. The van der Waals surface area contributed by atoms with Crippen LogP contribution in [0.25, 0.3) is 0 Å². The molecule has 8 nitrogen and oxygen atoms in total. The number of rotatable bonds is 6. The maximum atomic E-state index is 12.2. The molecule has 0 saturated heterocycles. The second-order valence-corrected chi connectivity index (χ2v) is 6.08. The van der Waals surface area contributed by atoms with Crippen molar-refractivity contribution in [3.63, 3.8) is 0 Å². The third-order valence-electron chi connectivity index (χ3n) is 2.96. The summed E-state index contributed by atoms with van der Waals surface area (Å²) in [5.41, 5.74) is 0.402. The molecule has 1 heterocycles. The van der Waals surface area contributed by atoms with Crippen LogP contribution >= 0.6 is 0 Å². The van der Waals surface area contributed by atoms with Gasteiger partial charge in [-0.05, 0) is 18.2 Å². The molecule has 0 radical (unpaired) electrons. The van der Waals surface area contributed by atoms with Gasteiger partial charge in [0.2, 0.25) is 10.0 Å². The molecule has 0 amide bonds. The van der Waals surface area contributed by atoms with E-state index in [1.54, 1.807) is 11.6 Å². The number of aliphatic hydroxyl groups is 1. The average Bonchev–Trinajstić information content (AvgIpc) is 2.89. The predicted molar refractivity (Wildman–Crippen MR) is 73.9 cm³/mol. The minimum atomic E-state index is -3.71. The first-order chi connectivity index (χ1) is 9.97. The SMILES string of the molecule is COc1ccc(S(=O)(=O)NCc2nncn2C)cc1CO. The highest BCUT2D eigenvalue weighted by Crippen LogP contribution is 2.22. The summed E-state index contributed by atoms with van der Waals surface area (Å²) < 4.78 is 33.5. The second-order valence-electron chi connectivity index (χ2n) is 4.31. The Morgan fingerprint density at radius 2 is 2.19 bits per heavy atom. The molecule has 0 atom stereocenters. The molecule has 0 aliphatic heterocycles. The van der Waals surface area contributed by atoms with E-state index in [-0.39, 0.29) is 18.0 Å². The van der Waals surface area contributed by atoms with Crippen LogP contribution in [0, 0.1) is 0 Å². The van der Waals surface area contributed by atoms with E-state index >= 15 is 0 Å². The summed E-state index contributed by atoms with van der Waals surface area (Å²) in [5.74, 6) is 0.930. The number of sulfonamides is 1. The topological polar surface area (TPSA) is 106 Å². The van der Waals surface area contributed by atoms with Crippen molar-refractivity contribution >= 4 is 10.0 Å². The Morgan fingerprint density at radius 3 is 2.76 bits per heavy atom. The van der Waals surface area contributed by atoms with Crippen LogP contribution in [0.4, 0.5) is 0 Å². The Balaban J connectivity index is 2.21. The quantitative estimate of drug-likeness (QED) is 0.765. The van der Waals surface area contributed by atoms with E-state index in [0.717, 1.165) is 0 Å². The molecular formula is C12H16N4O4S. The van der Waals surface area contributed by atoms with Crippen molar-refractivity contribution in [3.05, 3.63) is 35.9 Å². The lowest BCUT2D eigenvalue weighted by atomic mass is 10.2. The van der Waals surface area contributed by atoms with Gasteiger partial charge in [0, 0.05) is 12.6 Å². The monoisotopic (exact) mass is 312 g/mol. The van der Waals surface area contributed by atoms with Gasteiger partial charge in [-0.25, -0.2) is 13.1 Å². The van der Waals surface area contributed by atoms with Gasteiger partial charge in [0.15, 0.2) is 0 Å². The molecule has 2 rings (SSSR count). The fourth-order valence-electron chi connectivity index (χ4n) is 1.76. The first-order valence-corrected chi connectivity index (χ1v) is 7.56. The highest BCUT2D eigenvalue weighted by molar-refractivity contribution is 7.89. The van der Waals surface area contributed by atoms with E-state index in [1.165, 1.54) is 31.6 Å². The van der Waals surface area contributed by atoms with E-state index in [9.17, 15) is 13.5 Å². The summed E-state index contributed by atoms with van der Waals surface area (Å²) >= 11 is 0. The van der Waals surface area contributed by atoms with Gasteiger partial charge in [0.1, 0.15) is 17.9 Å². The first-order valence-electron chi connectivity index (χ1n) is 6.08. The molecular weight excluding hydrogens is 296 g/mol. The minimum Gasteiger partial charge on any atom is -0.496 e. The Morgan fingerprint density at radius 1 is 1.43 bits per heavy atom. The van der Waals surface area contributed by atoms with Gasteiger partial charge >= 0.3 is 0 Å². The third-order valence-corrected chi connectivity index (χ3v) is 4.36. The molecule has 21 heavy (non-hydrogen) atoms. The zero-order valence-electron chi connectivity index (χ0n) is 11.6. The van der Waals surface area contributed by atoms with Crippen molar-refractivity contribution in [1.82, 2.24) is 19.5 Å². The number of aliphatic hydroxyl groups excluding tert-OH is 1. The average molecular weight is 312 g/mol. The zero-order valence-corrected chi connectivity index (χ0v) is 12.5. The molecule has 0 aliphatic carbocycles. The van der Waals surface area contributed by atoms with Gasteiger partial charge in [-0.1, -0.05) is 0 Å². The Kier molecular flexibility index (Phi) is 4.56. The van der Waals surface area contributed by atoms with Crippen molar-refractivity contribution in [1.29, 1.82) is 0 Å².